The van der Waals surface area contributed by atoms with Crippen molar-refractivity contribution in [2.45, 2.75) is 38.5 Å². The third-order valence-electron chi connectivity index (χ3n) is 4.67. The van der Waals surface area contributed by atoms with Gasteiger partial charge in [-0.05, 0) is 66.5 Å². The fourth-order valence-electron chi connectivity index (χ4n) is 3.28. The van der Waals surface area contributed by atoms with Gasteiger partial charge in [-0.3, -0.25) is 4.79 Å². The molecule has 0 spiro atoms. The Balaban J connectivity index is 1.47. The highest BCUT2D eigenvalue weighted by Gasteiger charge is 2.11. The van der Waals surface area contributed by atoms with Gasteiger partial charge in [-0.15, -0.1) is 0 Å². The maximum atomic E-state index is 12.1. The fraction of sp³-hybridized carbons (Fsp3) is 0.381. The molecular formula is C21H25NO2. The Kier molecular flexibility index (Phi) is 5.52. The number of fused-ring (bicyclic) bond motifs is 1. The van der Waals surface area contributed by atoms with E-state index >= 15 is 0 Å². The van der Waals surface area contributed by atoms with Crippen molar-refractivity contribution >= 4 is 5.91 Å². The zero-order valence-electron chi connectivity index (χ0n) is 14.3. The van der Waals surface area contributed by atoms with Gasteiger partial charge in [-0.1, -0.05) is 30.3 Å². The molecule has 3 rings (SSSR count). The van der Waals surface area contributed by atoms with Gasteiger partial charge in [0.25, 0.3) is 0 Å². The summed E-state index contributed by atoms with van der Waals surface area (Å²) in [6.07, 6.45) is 6.20. The highest BCUT2D eigenvalue weighted by Crippen LogP contribution is 2.22. The third-order valence-corrected chi connectivity index (χ3v) is 4.67. The lowest BCUT2D eigenvalue weighted by Gasteiger charge is -2.16. The van der Waals surface area contributed by atoms with Crippen molar-refractivity contribution < 1.29 is 9.53 Å². The van der Waals surface area contributed by atoms with Crippen molar-refractivity contribution in [3.8, 4) is 5.75 Å². The monoisotopic (exact) mass is 323 g/mol. The van der Waals surface area contributed by atoms with Crippen LogP contribution >= 0.6 is 0 Å². The van der Waals surface area contributed by atoms with Crippen LogP contribution in [0.5, 0.6) is 5.75 Å². The van der Waals surface area contributed by atoms with Crippen molar-refractivity contribution in [1.29, 1.82) is 0 Å². The number of carbonyl (C=O) groups excluding carboxylic acids is 1. The van der Waals surface area contributed by atoms with Crippen molar-refractivity contribution in [3.05, 3.63) is 64.7 Å². The van der Waals surface area contributed by atoms with E-state index in [1.54, 1.807) is 7.11 Å². The summed E-state index contributed by atoms with van der Waals surface area (Å²) in [4.78, 5) is 12.1. The van der Waals surface area contributed by atoms with Gasteiger partial charge in [-0.25, -0.2) is 0 Å². The molecule has 2 aromatic rings. The second kappa shape index (κ2) is 8.00. The Hall–Kier alpha value is -2.29. The number of nitrogens with one attached hydrogen (secondary N) is 1. The molecule has 0 radical (unpaired) electrons. The van der Waals surface area contributed by atoms with Crippen LogP contribution in [0.1, 0.15) is 35.1 Å². The summed E-state index contributed by atoms with van der Waals surface area (Å²) in [6.45, 7) is 0.663. The smallest absolute Gasteiger partial charge is 0.224 e. The molecule has 126 valence electrons. The topological polar surface area (TPSA) is 38.3 Å². The second-order valence-corrected chi connectivity index (χ2v) is 6.43. The molecule has 1 aliphatic carbocycles. The van der Waals surface area contributed by atoms with E-state index in [9.17, 15) is 4.79 Å². The van der Waals surface area contributed by atoms with Gasteiger partial charge < -0.3 is 10.1 Å². The first kappa shape index (κ1) is 16.6. The lowest BCUT2D eigenvalue weighted by atomic mass is 9.90. The Labute approximate surface area is 144 Å². The van der Waals surface area contributed by atoms with Gasteiger partial charge in [0.1, 0.15) is 5.75 Å². The molecule has 0 saturated carbocycles. The van der Waals surface area contributed by atoms with Gasteiger partial charge in [0, 0.05) is 6.54 Å². The third kappa shape index (κ3) is 4.38. The summed E-state index contributed by atoms with van der Waals surface area (Å²) in [5.74, 6) is 0.953. The maximum absolute atomic E-state index is 12.1. The summed E-state index contributed by atoms with van der Waals surface area (Å²) in [5.41, 5.74) is 5.22. The first-order chi connectivity index (χ1) is 11.7. The van der Waals surface area contributed by atoms with Crippen molar-refractivity contribution in [2.24, 2.45) is 0 Å². The predicted octanol–water partition coefficient (Wildman–Crippen LogP) is 3.48. The quantitative estimate of drug-likeness (QED) is 0.884. The van der Waals surface area contributed by atoms with E-state index in [2.05, 4.69) is 23.5 Å². The molecule has 1 amide bonds. The molecule has 3 heteroatoms. The van der Waals surface area contributed by atoms with E-state index in [4.69, 9.17) is 4.74 Å². The molecule has 0 aliphatic heterocycles. The summed E-state index contributed by atoms with van der Waals surface area (Å²) in [6, 6.07) is 14.5. The molecule has 0 heterocycles. The number of aryl methyl sites for hydroxylation is 2. The largest absolute Gasteiger partial charge is 0.497 e. The van der Waals surface area contributed by atoms with Gasteiger partial charge in [0.15, 0.2) is 0 Å². The fourth-order valence-corrected chi connectivity index (χ4v) is 3.28. The summed E-state index contributed by atoms with van der Waals surface area (Å²) in [7, 11) is 1.66. The molecule has 2 aromatic carbocycles. The van der Waals surface area contributed by atoms with Crippen molar-refractivity contribution in [1.82, 2.24) is 5.32 Å². The Morgan fingerprint density at radius 2 is 1.71 bits per heavy atom. The lowest BCUT2D eigenvalue weighted by molar-refractivity contribution is -0.120. The van der Waals surface area contributed by atoms with E-state index in [0.29, 0.717) is 13.0 Å². The van der Waals surface area contributed by atoms with Gasteiger partial charge >= 0.3 is 0 Å². The van der Waals surface area contributed by atoms with E-state index < -0.39 is 0 Å². The predicted molar refractivity (Wildman–Crippen MR) is 96.5 cm³/mol. The molecule has 0 unspecified atom stereocenters. The van der Waals surface area contributed by atoms with Gasteiger partial charge in [0.2, 0.25) is 5.91 Å². The zero-order valence-corrected chi connectivity index (χ0v) is 14.3. The van der Waals surface area contributed by atoms with E-state index in [1.807, 2.05) is 24.3 Å². The lowest BCUT2D eigenvalue weighted by Crippen LogP contribution is -2.27. The Morgan fingerprint density at radius 1 is 1.00 bits per heavy atom. The molecule has 24 heavy (non-hydrogen) atoms. The average Bonchev–Trinajstić information content (AvgIpc) is 2.62. The van der Waals surface area contributed by atoms with Crippen LogP contribution < -0.4 is 10.1 Å². The number of hydrogen-bond acceptors (Lipinski definition) is 2. The molecule has 1 N–H and O–H groups in total. The average molecular weight is 323 g/mol. The van der Waals surface area contributed by atoms with Crippen LogP contribution in [0.2, 0.25) is 0 Å². The first-order valence-corrected chi connectivity index (χ1v) is 8.75. The second-order valence-electron chi connectivity index (χ2n) is 6.43. The van der Waals surface area contributed by atoms with E-state index in [-0.39, 0.29) is 5.91 Å². The maximum Gasteiger partial charge on any atom is 0.224 e. The van der Waals surface area contributed by atoms with Crippen LogP contribution in [0.25, 0.3) is 0 Å². The van der Waals surface area contributed by atoms with E-state index in [0.717, 1.165) is 24.2 Å². The minimum Gasteiger partial charge on any atom is -0.497 e. The van der Waals surface area contributed by atoms with Crippen molar-refractivity contribution in [3.63, 3.8) is 0 Å². The van der Waals surface area contributed by atoms with Crippen LogP contribution in [0.15, 0.2) is 42.5 Å². The molecule has 0 saturated heterocycles. The zero-order chi connectivity index (χ0) is 16.8. The van der Waals surface area contributed by atoms with Crippen molar-refractivity contribution in [2.75, 3.05) is 13.7 Å². The van der Waals surface area contributed by atoms with Crippen LogP contribution in [0, 0.1) is 0 Å². The standard InChI is InChI=1S/C21H25NO2/c1-24-20-10-7-16(8-11-20)12-13-22-21(23)15-17-6-9-18-4-2-3-5-19(18)14-17/h6-11,14H,2-5,12-13,15H2,1H3,(H,22,23). The summed E-state index contributed by atoms with van der Waals surface area (Å²) >= 11 is 0. The number of benzene rings is 2. The number of carbonyl (C=O) groups is 1. The van der Waals surface area contributed by atoms with Crippen LogP contribution in [-0.4, -0.2) is 19.6 Å². The molecule has 3 nitrogen and oxygen atoms in total. The minimum absolute atomic E-state index is 0.0965. The molecular weight excluding hydrogens is 298 g/mol. The molecule has 1 aliphatic rings. The van der Waals surface area contributed by atoms with Crippen LogP contribution in [0.3, 0.4) is 0 Å². The number of hydrogen-bond donors (Lipinski definition) is 1. The number of methoxy groups -OCH3 is 1. The number of amides is 1. The molecule has 0 fully saturated rings. The van der Waals surface area contributed by atoms with Gasteiger partial charge in [0.05, 0.1) is 13.5 Å². The highest BCUT2D eigenvalue weighted by atomic mass is 16.5. The molecule has 0 atom stereocenters. The molecule has 0 aromatic heterocycles. The first-order valence-electron chi connectivity index (χ1n) is 8.75. The Morgan fingerprint density at radius 3 is 2.46 bits per heavy atom. The van der Waals surface area contributed by atoms with E-state index in [1.165, 1.54) is 36.0 Å². The number of ether oxygens (including phenoxy) is 1. The normalized spacial score (nSPS) is 13.2. The van der Waals surface area contributed by atoms with Crippen LogP contribution in [0.4, 0.5) is 0 Å². The SMILES string of the molecule is COc1ccc(CCNC(=O)Cc2ccc3c(c2)CCCC3)cc1. The minimum atomic E-state index is 0.0965. The number of rotatable bonds is 6. The van der Waals surface area contributed by atoms with Crippen LogP contribution in [-0.2, 0) is 30.5 Å². The Bertz CT molecular complexity index is 691. The highest BCUT2D eigenvalue weighted by molar-refractivity contribution is 5.78. The summed E-state index contributed by atoms with van der Waals surface area (Å²) in [5, 5.41) is 3.02. The molecule has 0 bridgehead atoms. The summed E-state index contributed by atoms with van der Waals surface area (Å²) < 4.78 is 5.15. The van der Waals surface area contributed by atoms with Gasteiger partial charge in [-0.2, -0.15) is 0 Å².